The van der Waals surface area contributed by atoms with Gasteiger partial charge in [-0.15, -0.1) is 0 Å². The Bertz CT molecular complexity index is 990. The molecule has 0 heterocycles. The van der Waals surface area contributed by atoms with Crippen LogP contribution in [-0.4, -0.2) is 54.0 Å². The molecule has 2 aromatic carbocycles. The lowest BCUT2D eigenvalue weighted by molar-refractivity contribution is -0.143. The first-order chi connectivity index (χ1) is 16.0. The number of aliphatic hydroxyl groups excluding tert-OH is 1. The fraction of sp³-hybridized carbons (Fsp3) is 0.400. The van der Waals surface area contributed by atoms with E-state index in [0.717, 1.165) is 35.1 Å². The van der Waals surface area contributed by atoms with Crippen LogP contribution in [0.4, 0.5) is 4.79 Å². The molecule has 0 spiro atoms. The summed E-state index contributed by atoms with van der Waals surface area (Å²) in [6, 6.07) is 14.9. The first-order valence-corrected chi connectivity index (χ1v) is 11.2. The summed E-state index contributed by atoms with van der Waals surface area (Å²) in [6.07, 6.45) is 1.47. The molecule has 2 aliphatic rings. The van der Waals surface area contributed by atoms with Gasteiger partial charge in [0.2, 0.25) is 5.91 Å². The largest absolute Gasteiger partial charge is 0.480 e. The first-order valence-electron chi connectivity index (χ1n) is 11.2. The van der Waals surface area contributed by atoms with Gasteiger partial charge in [-0.1, -0.05) is 48.5 Å². The highest BCUT2D eigenvalue weighted by Gasteiger charge is 2.34. The molecule has 1 fully saturated rings. The lowest BCUT2D eigenvalue weighted by Gasteiger charge is -2.19. The fourth-order valence-corrected chi connectivity index (χ4v) is 4.51. The maximum absolute atomic E-state index is 12.4. The van der Waals surface area contributed by atoms with Gasteiger partial charge in [0, 0.05) is 18.9 Å². The van der Waals surface area contributed by atoms with Crippen LogP contribution in [-0.2, 0) is 14.3 Å². The number of rotatable bonds is 10. The number of fused-ring (bicyclic) bond motifs is 3. The molecule has 174 valence electrons. The predicted molar refractivity (Wildman–Crippen MR) is 121 cm³/mol. The minimum absolute atomic E-state index is 0.0282. The van der Waals surface area contributed by atoms with Gasteiger partial charge in [-0.05, 0) is 46.9 Å². The zero-order valence-corrected chi connectivity index (χ0v) is 18.2. The third-order valence-corrected chi connectivity index (χ3v) is 6.40. The number of carboxylic acid groups (broad SMARTS) is 1. The number of amides is 2. The number of benzene rings is 2. The number of hydrogen-bond acceptors (Lipinski definition) is 5. The second-order valence-corrected chi connectivity index (χ2v) is 8.65. The van der Waals surface area contributed by atoms with Gasteiger partial charge in [0.15, 0.2) is 0 Å². The molecule has 4 N–H and O–H groups in total. The van der Waals surface area contributed by atoms with Gasteiger partial charge in [0.25, 0.3) is 0 Å². The van der Waals surface area contributed by atoms with Crippen molar-refractivity contribution < 1.29 is 29.3 Å². The number of carboxylic acids is 1. The Morgan fingerprint density at radius 3 is 2.15 bits per heavy atom. The van der Waals surface area contributed by atoms with Crippen molar-refractivity contribution in [3.63, 3.8) is 0 Å². The molecular formula is C25H28N2O6. The van der Waals surface area contributed by atoms with Crippen molar-refractivity contribution in [1.82, 2.24) is 10.6 Å². The van der Waals surface area contributed by atoms with Crippen LogP contribution in [0.3, 0.4) is 0 Å². The van der Waals surface area contributed by atoms with Crippen molar-refractivity contribution in [2.24, 2.45) is 11.8 Å². The molecule has 0 bridgehead atoms. The van der Waals surface area contributed by atoms with Crippen LogP contribution >= 0.6 is 0 Å². The van der Waals surface area contributed by atoms with Crippen molar-refractivity contribution in [2.75, 3.05) is 19.8 Å². The smallest absolute Gasteiger partial charge is 0.407 e. The van der Waals surface area contributed by atoms with Crippen LogP contribution in [0, 0.1) is 11.8 Å². The average molecular weight is 453 g/mol. The van der Waals surface area contributed by atoms with E-state index in [0.29, 0.717) is 5.92 Å². The number of aliphatic hydroxyl groups is 1. The standard InChI is InChI=1S/C25H28N2O6/c28-13-22(24(30)31)27-23(29)11-16(15-9-10-15)12-26-25(32)33-14-21-19-7-3-1-5-17(19)18-6-2-4-8-20(18)21/h1-8,15-16,21-22,28H,9-14H2,(H,26,32)(H,27,29)(H,30,31)/t16?,22-/m1/s1. The van der Waals surface area contributed by atoms with Crippen molar-refractivity contribution in [3.8, 4) is 11.1 Å². The Kier molecular flexibility index (Phi) is 6.93. The molecule has 0 aliphatic heterocycles. The van der Waals surface area contributed by atoms with E-state index < -0.39 is 30.6 Å². The zero-order chi connectivity index (χ0) is 23.4. The van der Waals surface area contributed by atoms with Crippen LogP contribution in [0.25, 0.3) is 11.1 Å². The molecule has 2 amide bonds. The second kappa shape index (κ2) is 10.0. The summed E-state index contributed by atoms with van der Waals surface area (Å²) in [4.78, 5) is 35.6. The summed E-state index contributed by atoms with van der Waals surface area (Å²) in [5, 5.41) is 23.1. The summed E-state index contributed by atoms with van der Waals surface area (Å²) in [6.45, 7) is -0.190. The van der Waals surface area contributed by atoms with Crippen LogP contribution in [0.15, 0.2) is 48.5 Å². The third-order valence-electron chi connectivity index (χ3n) is 6.40. The molecule has 1 unspecified atom stereocenters. The number of alkyl carbamates (subject to hydrolysis) is 1. The van der Waals surface area contributed by atoms with Crippen molar-refractivity contribution >= 4 is 18.0 Å². The summed E-state index contributed by atoms with van der Waals surface area (Å²) >= 11 is 0. The molecule has 0 aromatic heterocycles. The van der Waals surface area contributed by atoms with Gasteiger partial charge in [0.1, 0.15) is 12.6 Å². The monoisotopic (exact) mass is 452 g/mol. The normalized spacial score (nSPS) is 16.3. The van der Waals surface area contributed by atoms with E-state index in [9.17, 15) is 14.4 Å². The quantitative estimate of drug-likeness (QED) is 0.439. The van der Waals surface area contributed by atoms with Gasteiger partial charge in [-0.2, -0.15) is 0 Å². The highest BCUT2D eigenvalue weighted by Crippen LogP contribution is 2.44. The number of hydrogen-bond donors (Lipinski definition) is 4. The number of aliphatic carboxylic acids is 1. The van der Waals surface area contributed by atoms with E-state index in [4.69, 9.17) is 14.9 Å². The Morgan fingerprint density at radius 1 is 1.00 bits per heavy atom. The molecule has 2 aliphatic carbocycles. The Labute approximate surface area is 192 Å². The molecule has 4 rings (SSSR count). The topological polar surface area (TPSA) is 125 Å². The molecule has 1 saturated carbocycles. The highest BCUT2D eigenvalue weighted by atomic mass is 16.5. The van der Waals surface area contributed by atoms with Crippen LogP contribution in [0.5, 0.6) is 0 Å². The molecule has 8 heteroatoms. The second-order valence-electron chi connectivity index (χ2n) is 8.65. The number of ether oxygens (including phenoxy) is 1. The van der Waals surface area contributed by atoms with Crippen LogP contribution in [0.2, 0.25) is 0 Å². The van der Waals surface area contributed by atoms with Crippen LogP contribution < -0.4 is 10.6 Å². The minimum Gasteiger partial charge on any atom is -0.480 e. The van der Waals surface area contributed by atoms with Gasteiger partial charge in [-0.25, -0.2) is 9.59 Å². The Hall–Kier alpha value is -3.39. The van der Waals surface area contributed by atoms with E-state index in [-0.39, 0.29) is 31.4 Å². The van der Waals surface area contributed by atoms with E-state index in [1.54, 1.807) is 0 Å². The van der Waals surface area contributed by atoms with Gasteiger partial charge in [-0.3, -0.25) is 4.79 Å². The molecule has 2 aromatic rings. The van der Waals surface area contributed by atoms with E-state index in [2.05, 4.69) is 34.9 Å². The lowest BCUT2D eigenvalue weighted by Crippen LogP contribution is -2.44. The van der Waals surface area contributed by atoms with Gasteiger partial charge >= 0.3 is 12.1 Å². The SMILES string of the molecule is O=C(CC(CNC(=O)OCC1c2ccccc2-c2ccccc21)C1CC1)N[C@H](CO)C(=O)O. The molecule has 0 saturated heterocycles. The van der Waals surface area contributed by atoms with Crippen molar-refractivity contribution in [3.05, 3.63) is 59.7 Å². The zero-order valence-electron chi connectivity index (χ0n) is 18.2. The van der Waals surface area contributed by atoms with E-state index in [1.807, 2.05) is 24.3 Å². The molecule has 0 radical (unpaired) electrons. The summed E-state index contributed by atoms with van der Waals surface area (Å²) in [5.74, 6) is -1.58. The molecule has 2 atom stereocenters. The molecule has 8 nitrogen and oxygen atoms in total. The Balaban J connectivity index is 1.30. The van der Waals surface area contributed by atoms with Crippen molar-refractivity contribution in [2.45, 2.75) is 31.2 Å². The van der Waals surface area contributed by atoms with Gasteiger partial charge in [0.05, 0.1) is 6.61 Å². The van der Waals surface area contributed by atoms with Crippen LogP contribution in [0.1, 0.15) is 36.3 Å². The third kappa shape index (κ3) is 5.34. The number of carbonyl (C=O) groups excluding carboxylic acids is 2. The predicted octanol–water partition coefficient (Wildman–Crippen LogP) is 2.50. The number of carbonyl (C=O) groups is 3. The van der Waals surface area contributed by atoms with Crippen molar-refractivity contribution in [1.29, 1.82) is 0 Å². The lowest BCUT2D eigenvalue weighted by atomic mass is 9.98. The molecule has 33 heavy (non-hydrogen) atoms. The number of nitrogens with one attached hydrogen (secondary N) is 2. The Morgan fingerprint density at radius 2 is 1.61 bits per heavy atom. The minimum atomic E-state index is -1.33. The maximum atomic E-state index is 12.4. The fourth-order valence-electron chi connectivity index (χ4n) is 4.51. The first kappa shape index (κ1) is 22.8. The maximum Gasteiger partial charge on any atom is 0.407 e. The van der Waals surface area contributed by atoms with E-state index in [1.165, 1.54) is 0 Å². The average Bonchev–Trinajstić information content (AvgIpc) is 3.61. The molecular weight excluding hydrogens is 424 g/mol. The summed E-state index contributed by atoms with van der Waals surface area (Å²) in [7, 11) is 0. The summed E-state index contributed by atoms with van der Waals surface area (Å²) < 4.78 is 5.55. The summed E-state index contributed by atoms with van der Waals surface area (Å²) in [5.41, 5.74) is 4.58. The van der Waals surface area contributed by atoms with E-state index >= 15 is 0 Å². The van der Waals surface area contributed by atoms with Gasteiger partial charge < -0.3 is 25.6 Å². The highest BCUT2D eigenvalue weighted by molar-refractivity contribution is 5.84.